The number of hydrogen-bond donors (Lipinski definition) is 1. The van der Waals surface area contributed by atoms with Crippen molar-refractivity contribution < 1.29 is 0 Å². The summed E-state index contributed by atoms with van der Waals surface area (Å²) >= 11 is 5.08. The summed E-state index contributed by atoms with van der Waals surface area (Å²) in [5.41, 5.74) is 4.50. The zero-order valence-electron chi connectivity index (χ0n) is 9.90. The summed E-state index contributed by atoms with van der Waals surface area (Å²) in [7, 11) is 0. The number of thiazole rings is 1. The quantitative estimate of drug-likeness (QED) is 0.933. The highest BCUT2D eigenvalue weighted by molar-refractivity contribution is 9.10. The maximum absolute atomic E-state index is 9.02. The Morgan fingerprint density at radius 3 is 3.00 bits per heavy atom. The average molecular weight is 322 g/mol. The van der Waals surface area contributed by atoms with E-state index in [1.807, 2.05) is 30.6 Å². The van der Waals surface area contributed by atoms with Crippen molar-refractivity contribution >= 4 is 33.0 Å². The van der Waals surface area contributed by atoms with Crippen LogP contribution in [0, 0.1) is 18.3 Å². The number of aromatic nitrogens is 1. The van der Waals surface area contributed by atoms with Crippen LogP contribution in [0.5, 0.6) is 0 Å². The molecule has 2 aromatic rings. The second-order valence-electron chi connectivity index (χ2n) is 3.84. The molecule has 0 fully saturated rings. The van der Waals surface area contributed by atoms with Gasteiger partial charge in [-0.2, -0.15) is 5.26 Å². The molecule has 1 aromatic heterocycles. The van der Waals surface area contributed by atoms with Crippen LogP contribution in [0.2, 0.25) is 0 Å². The molecule has 0 aliphatic rings. The van der Waals surface area contributed by atoms with E-state index in [2.05, 4.69) is 32.3 Å². The van der Waals surface area contributed by atoms with Gasteiger partial charge in [-0.05, 0) is 25.1 Å². The van der Waals surface area contributed by atoms with Crippen LogP contribution < -0.4 is 5.32 Å². The van der Waals surface area contributed by atoms with Gasteiger partial charge in [-0.25, -0.2) is 4.98 Å². The normalized spacial score (nSPS) is 10.1. The second-order valence-corrected chi connectivity index (χ2v) is 5.69. The van der Waals surface area contributed by atoms with Gasteiger partial charge in [-0.1, -0.05) is 15.9 Å². The number of rotatable bonds is 4. The van der Waals surface area contributed by atoms with Crippen LogP contribution >= 0.6 is 27.3 Å². The van der Waals surface area contributed by atoms with E-state index in [4.69, 9.17) is 5.26 Å². The minimum atomic E-state index is 0.666. The van der Waals surface area contributed by atoms with Gasteiger partial charge in [0.2, 0.25) is 0 Å². The number of anilines is 1. The summed E-state index contributed by atoms with van der Waals surface area (Å²) < 4.78 is 0.970. The molecule has 0 aliphatic carbocycles. The van der Waals surface area contributed by atoms with Crippen molar-refractivity contribution in [3.63, 3.8) is 0 Å². The van der Waals surface area contributed by atoms with Crippen molar-refractivity contribution in [2.75, 3.05) is 11.9 Å². The van der Waals surface area contributed by atoms with E-state index in [0.29, 0.717) is 5.56 Å². The third-order valence-corrected chi connectivity index (χ3v) is 4.10. The van der Waals surface area contributed by atoms with Crippen LogP contribution in [0.15, 0.2) is 28.2 Å². The summed E-state index contributed by atoms with van der Waals surface area (Å²) in [4.78, 5) is 5.51. The highest BCUT2D eigenvalue weighted by Crippen LogP contribution is 2.21. The predicted molar refractivity (Wildman–Crippen MR) is 77.9 cm³/mol. The van der Waals surface area contributed by atoms with E-state index in [1.165, 1.54) is 4.88 Å². The van der Waals surface area contributed by atoms with Gasteiger partial charge in [0.15, 0.2) is 0 Å². The molecule has 0 bridgehead atoms. The molecule has 0 radical (unpaired) electrons. The van der Waals surface area contributed by atoms with Gasteiger partial charge in [-0.3, -0.25) is 0 Å². The van der Waals surface area contributed by atoms with Crippen molar-refractivity contribution in [3.05, 3.63) is 44.3 Å². The Labute approximate surface area is 119 Å². The highest BCUT2D eigenvalue weighted by atomic mass is 79.9. The van der Waals surface area contributed by atoms with Crippen LogP contribution in [-0.2, 0) is 6.42 Å². The molecule has 0 spiro atoms. The molecule has 0 saturated heterocycles. The zero-order valence-corrected chi connectivity index (χ0v) is 12.3. The fourth-order valence-electron chi connectivity index (χ4n) is 1.64. The van der Waals surface area contributed by atoms with Gasteiger partial charge in [0, 0.05) is 22.3 Å². The molecule has 0 amide bonds. The topological polar surface area (TPSA) is 48.7 Å². The first-order valence-electron chi connectivity index (χ1n) is 5.53. The Bertz CT molecular complexity index is 586. The first kappa shape index (κ1) is 13.1. The van der Waals surface area contributed by atoms with E-state index in [0.717, 1.165) is 28.8 Å². The Morgan fingerprint density at radius 2 is 2.33 bits per heavy atom. The number of hydrogen-bond acceptors (Lipinski definition) is 4. The van der Waals surface area contributed by atoms with E-state index >= 15 is 0 Å². The van der Waals surface area contributed by atoms with Crippen LogP contribution in [-0.4, -0.2) is 11.5 Å². The fraction of sp³-hybridized carbons (Fsp3) is 0.231. The average Bonchev–Trinajstić information content (AvgIpc) is 2.76. The standard InChI is InChI=1S/C13H12BrN3S/c1-9-13(18-8-17-9)4-5-16-12-6-11(14)3-2-10(12)7-15/h2-3,6,8,16H,4-5H2,1H3. The molecule has 18 heavy (non-hydrogen) atoms. The lowest BCUT2D eigenvalue weighted by Gasteiger charge is -2.08. The summed E-state index contributed by atoms with van der Waals surface area (Å²) in [6.45, 7) is 2.82. The minimum Gasteiger partial charge on any atom is -0.384 e. The van der Waals surface area contributed by atoms with Crippen LogP contribution in [0.3, 0.4) is 0 Å². The fourth-order valence-corrected chi connectivity index (χ4v) is 2.78. The maximum atomic E-state index is 9.02. The van der Waals surface area contributed by atoms with Crippen molar-refractivity contribution in [1.29, 1.82) is 5.26 Å². The Balaban J connectivity index is 2.00. The van der Waals surface area contributed by atoms with Gasteiger partial charge in [-0.15, -0.1) is 11.3 Å². The van der Waals surface area contributed by atoms with Crippen molar-refractivity contribution in [1.82, 2.24) is 4.98 Å². The molecule has 1 aromatic carbocycles. The first-order chi connectivity index (χ1) is 8.70. The van der Waals surface area contributed by atoms with Crippen LogP contribution in [0.1, 0.15) is 16.1 Å². The smallest absolute Gasteiger partial charge is 0.101 e. The van der Waals surface area contributed by atoms with Crippen LogP contribution in [0.25, 0.3) is 0 Å². The lowest BCUT2D eigenvalue weighted by Crippen LogP contribution is -2.06. The molecule has 5 heteroatoms. The number of aryl methyl sites for hydroxylation is 1. The molecular weight excluding hydrogens is 310 g/mol. The van der Waals surface area contributed by atoms with Gasteiger partial charge in [0.1, 0.15) is 6.07 Å². The molecule has 0 aliphatic heterocycles. The Morgan fingerprint density at radius 1 is 1.50 bits per heavy atom. The van der Waals surface area contributed by atoms with Gasteiger partial charge in [0.05, 0.1) is 22.5 Å². The third-order valence-electron chi connectivity index (χ3n) is 2.61. The van der Waals surface area contributed by atoms with E-state index in [1.54, 1.807) is 11.3 Å². The van der Waals surface area contributed by atoms with E-state index in [9.17, 15) is 0 Å². The molecular formula is C13H12BrN3S. The summed E-state index contributed by atoms with van der Waals surface area (Å²) in [5.74, 6) is 0. The van der Waals surface area contributed by atoms with Gasteiger partial charge >= 0.3 is 0 Å². The number of nitrogens with zero attached hydrogens (tertiary/aromatic N) is 2. The highest BCUT2D eigenvalue weighted by Gasteiger charge is 2.04. The largest absolute Gasteiger partial charge is 0.384 e. The van der Waals surface area contributed by atoms with Gasteiger partial charge < -0.3 is 5.32 Å². The summed E-state index contributed by atoms with van der Waals surface area (Å²) in [6.07, 6.45) is 0.924. The van der Waals surface area contributed by atoms with E-state index < -0.39 is 0 Å². The maximum Gasteiger partial charge on any atom is 0.101 e. The molecule has 0 unspecified atom stereocenters. The summed E-state index contributed by atoms with van der Waals surface area (Å²) in [6, 6.07) is 7.80. The number of nitriles is 1. The molecule has 1 N–H and O–H groups in total. The predicted octanol–water partition coefficient (Wildman–Crippen LogP) is 3.74. The van der Waals surface area contributed by atoms with Crippen LogP contribution in [0.4, 0.5) is 5.69 Å². The van der Waals surface area contributed by atoms with E-state index in [-0.39, 0.29) is 0 Å². The lowest BCUT2D eigenvalue weighted by atomic mass is 10.2. The van der Waals surface area contributed by atoms with Crippen molar-refractivity contribution in [2.45, 2.75) is 13.3 Å². The number of nitrogens with one attached hydrogen (secondary N) is 1. The molecule has 0 atom stereocenters. The first-order valence-corrected chi connectivity index (χ1v) is 7.20. The molecule has 3 nitrogen and oxygen atoms in total. The molecule has 2 rings (SSSR count). The number of benzene rings is 1. The minimum absolute atomic E-state index is 0.666. The number of halogens is 1. The Hall–Kier alpha value is -1.38. The molecule has 1 heterocycles. The Kier molecular flexibility index (Phi) is 4.34. The SMILES string of the molecule is Cc1ncsc1CCNc1cc(Br)ccc1C#N. The second kappa shape index (κ2) is 5.98. The summed E-state index contributed by atoms with van der Waals surface area (Å²) in [5, 5.41) is 12.3. The molecule has 0 saturated carbocycles. The van der Waals surface area contributed by atoms with Gasteiger partial charge in [0.25, 0.3) is 0 Å². The molecule has 92 valence electrons. The monoisotopic (exact) mass is 321 g/mol. The third kappa shape index (κ3) is 3.09. The zero-order chi connectivity index (χ0) is 13.0. The lowest BCUT2D eigenvalue weighted by molar-refractivity contribution is 1.02. The van der Waals surface area contributed by atoms with Crippen molar-refractivity contribution in [3.8, 4) is 6.07 Å². The van der Waals surface area contributed by atoms with Crippen molar-refractivity contribution in [2.24, 2.45) is 0 Å².